The van der Waals surface area contributed by atoms with Crippen molar-refractivity contribution in [3.8, 4) is 0 Å². The molecule has 1 unspecified atom stereocenters. The molecular formula is C20H21N3O2S2. The molecule has 140 valence electrons. The third-order valence-electron chi connectivity index (χ3n) is 4.96. The fraction of sp³-hybridized carbons (Fsp3) is 0.350. The summed E-state index contributed by atoms with van der Waals surface area (Å²) in [4.78, 5) is 28.7. The normalized spacial score (nSPS) is 19.3. The molecule has 2 N–H and O–H groups in total. The molecule has 2 aromatic heterocycles. The zero-order valence-electron chi connectivity index (χ0n) is 14.9. The van der Waals surface area contributed by atoms with E-state index in [2.05, 4.69) is 27.1 Å². The molecular weight excluding hydrogens is 378 g/mol. The minimum atomic E-state index is -0.300. The van der Waals surface area contributed by atoms with E-state index in [0.717, 1.165) is 28.1 Å². The summed E-state index contributed by atoms with van der Waals surface area (Å²) in [5.41, 5.74) is 1.89. The summed E-state index contributed by atoms with van der Waals surface area (Å²) in [5, 5.41) is 11.2. The highest BCUT2D eigenvalue weighted by atomic mass is 32.1. The molecule has 5 nitrogen and oxygen atoms in total. The molecule has 0 aliphatic carbocycles. The van der Waals surface area contributed by atoms with Crippen molar-refractivity contribution >= 4 is 44.7 Å². The smallest absolute Gasteiger partial charge is 0.220 e. The number of para-hydroxylation sites is 1. The lowest BCUT2D eigenvalue weighted by atomic mass is 9.85. The van der Waals surface area contributed by atoms with Gasteiger partial charge in [0.1, 0.15) is 5.01 Å². The van der Waals surface area contributed by atoms with Crippen LogP contribution in [0, 0.1) is 0 Å². The summed E-state index contributed by atoms with van der Waals surface area (Å²) in [6.07, 6.45) is 3.16. The Bertz CT molecular complexity index is 918. The minimum absolute atomic E-state index is 0.0000914. The number of nitrogens with one attached hydrogen (secondary N) is 2. The van der Waals surface area contributed by atoms with E-state index in [1.165, 1.54) is 5.56 Å². The first-order valence-electron chi connectivity index (χ1n) is 9.05. The molecule has 2 amide bonds. The second-order valence-corrected chi connectivity index (χ2v) is 8.88. The van der Waals surface area contributed by atoms with Gasteiger partial charge in [-0.15, -0.1) is 11.3 Å². The van der Waals surface area contributed by atoms with Crippen LogP contribution in [-0.2, 0) is 22.6 Å². The van der Waals surface area contributed by atoms with Crippen molar-refractivity contribution in [1.82, 2.24) is 15.6 Å². The maximum Gasteiger partial charge on any atom is 0.220 e. The summed E-state index contributed by atoms with van der Waals surface area (Å²) < 4.78 is 1.13. The summed E-state index contributed by atoms with van der Waals surface area (Å²) in [6, 6.07) is 10.1. The van der Waals surface area contributed by atoms with Crippen LogP contribution in [0.1, 0.15) is 36.3 Å². The Labute approximate surface area is 165 Å². The maximum absolute atomic E-state index is 12.4. The molecule has 3 heterocycles. The third kappa shape index (κ3) is 4.36. The Morgan fingerprint density at radius 1 is 1.30 bits per heavy atom. The molecule has 3 aromatic rings. The van der Waals surface area contributed by atoms with Gasteiger partial charge in [0.15, 0.2) is 0 Å². The molecule has 1 aromatic carbocycles. The van der Waals surface area contributed by atoms with E-state index in [-0.39, 0.29) is 17.4 Å². The van der Waals surface area contributed by atoms with Gasteiger partial charge in [0.2, 0.25) is 11.8 Å². The van der Waals surface area contributed by atoms with Crippen LogP contribution in [0.15, 0.2) is 41.1 Å². The van der Waals surface area contributed by atoms with Gasteiger partial charge in [-0.2, -0.15) is 11.3 Å². The number of fused-ring (bicyclic) bond motifs is 1. The Morgan fingerprint density at radius 2 is 2.19 bits per heavy atom. The van der Waals surface area contributed by atoms with Gasteiger partial charge in [0.25, 0.3) is 0 Å². The van der Waals surface area contributed by atoms with Crippen molar-refractivity contribution in [3.05, 3.63) is 51.7 Å². The quantitative estimate of drug-likeness (QED) is 0.637. The van der Waals surface area contributed by atoms with Gasteiger partial charge in [-0.05, 0) is 53.8 Å². The average molecular weight is 400 g/mol. The van der Waals surface area contributed by atoms with E-state index in [1.807, 2.05) is 29.6 Å². The fourth-order valence-corrected chi connectivity index (χ4v) is 5.15. The van der Waals surface area contributed by atoms with Crippen LogP contribution in [-0.4, -0.2) is 22.3 Å². The molecule has 7 heteroatoms. The highest BCUT2D eigenvalue weighted by molar-refractivity contribution is 7.18. The van der Waals surface area contributed by atoms with E-state index in [1.54, 1.807) is 22.7 Å². The lowest BCUT2D eigenvalue weighted by molar-refractivity contribution is -0.122. The fourth-order valence-electron chi connectivity index (χ4n) is 3.58. The first-order valence-corrected chi connectivity index (χ1v) is 10.8. The highest BCUT2D eigenvalue weighted by Crippen LogP contribution is 2.30. The van der Waals surface area contributed by atoms with Gasteiger partial charge < -0.3 is 10.6 Å². The Hall–Kier alpha value is -2.25. The first kappa shape index (κ1) is 18.1. The summed E-state index contributed by atoms with van der Waals surface area (Å²) in [5.74, 6) is 0.0835. The summed E-state index contributed by atoms with van der Waals surface area (Å²) in [6.45, 7) is 0.446. The second-order valence-electron chi connectivity index (χ2n) is 6.99. The van der Waals surface area contributed by atoms with Crippen molar-refractivity contribution in [3.63, 3.8) is 0 Å². The second kappa shape index (κ2) is 7.78. The molecule has 1 aliphatic rings. The van der Waals surface area contributed by atoms with Crippen LogP contribution in [0.25, 0.3) is 10.2 Å². The monoisotopic (exact) mass is 399 g/mol. The number of carbonyl (C=O) groups is 2. The van der Waals surface area contributed by atoms with E-state index in [0.29, 0.717) is 25.8 Å². The van der Waals surface area contributed by atoms with Gasteiger partial charge >= 0.3 is 0 Å². The Morgan fingerprint density at radius 3 is 2.93 bits per heavy atom. The molecule has 0 saturated carbocycles. The molecule has 0 bridgehead atoms. The number of aromatic nitrogens is 1. The van der Waals surface area contributed by atoms with Gasteiger partial charge in [-0.1, -0.05) is 12.1 Å². The third-order valence-corrected chi connectivity index (χ3v) is 6.73. The maximum atomic E-state index is 12.4. The predicted octanol–water partition coefficient (Wildman–Crippen LogP) is 3.65. The summed E-state index contributed by atoms with van der Waals surface area (Å²) in [7, 11) is 0. The molecule has 1 fully saturated rings. The molecule has 1 aliphatic heterocycles. The van der Waals surface area contributed by atoms with Crippen LogP contribution in [0.3, 0.4) is 0 Å². The van der Waals surface area contributed by atoms with Crippen molar-refractivity contribution in [1.29, 1.82) is 0 Å². The van der Waals surface area contributed by atoms with Gasteiger partial charge in [-0.3, -0.25) is 9.59 Å². The minimum Gasteiger partial charge on any atom is -0.350 e. The molecule has 4 rings (SSSR count). The van der Waals surface area contributed by atoms with Crippen LogP contribution < -0.4 is 10.6 Å². The molecule has 1 atom stereocenters. The van der Waals surface area contributed by atoms with Crippen molar-refractivity contribution in [2.45, 2.75) is 44.2 Å². The van der Waals surface area contributed by atoms with Crippen molar-refractivity contribution < 1.29 is 9.59 Å². The number of nitrogens with zero attached hydrogens (tertiary/aromatic N) is 1. The SMILES string of the molecule is O=C(CCC1(Cc2ccsc2)CCC(=O)N1)NCc1nc2ccccc2s1. The molecule has 0 spiro atoms. The van der Waals surface area contributed by atoms with Crippen LogP contribution in [0.5, 0.6) is 0 Å². The van der Waals surface area contributed by atoms with Gasteiger partial charge in [-0.25, -0.2) is 4.98 Å². The number of amides is 2. The van der Waals surface area contributed by atoms with Crippen molar-refractivity contribution in [2.24, 2.45) is 0 Å². The highest BCUT2D eigenvalue weighted by Gasteiger charge is 2.37. The molecule has 0 radical (unpaired) electrons. The topological polar surface area (TPSA) is 71.1 Å². The lowest BCUT2D eigenvalue weighted by Crippen LogP contribution is -2.44. The van der Waals surface area contributed by atoms with Gasteiger partial charge in [0, 0.05) is 18.4 Å². The lowest BCUT2D eigenvalue weighted by Gasteiger charge is -2.29. The van der Waals surface area contributed by atoms with Crippen LogP contribution >= 0.6 is 22.7 Å². The molecule has 27 heavy (non-hydrogen) atoms. The zero-order valence-corrected chi connectivity index (χ0v) is 16.5. The largest absolute Gasteiger partial charge is 0.350 e. The predicted molar refractivity (Wildman–Crippen MR) is 109 cm³/mol. The van der Waals surface area contributed by atoms with E-state index >= 15 is 0 Å². The Balaban J connectivity index is 1.33. The van der Waals surface area contributed by atoms with Gasteiger partial charge in [0.05, 0.1) is 16.8 Å². The van der Waals surface area contributed by atoms with Crippen molar-refractivity contribution in [2.75, 3.05) is 0 Å². The number of benzene rings is 1. The standard InChI is InChI=1S/C20H21N3O2S2/c24-17(21-12-19-22-15-3-1-2-4-16(15)27-19)5-8-20(9-6-18(25)23-20)11-14-7-10-26-13-14/h1-4,7,10,13H,5-6,8-9,11-12H2,(H,21,24)(H,23,25). The first-order chi connectivity index (χ1) is 13.1. The number of thiophene rings is 1. The number of hydrogen-bond acceptors (Lipinski definition) is 5. The number of hydrogen-bond donors (Lipinski definition) is 2. The van der Waals surface area contributed by atoms with E-state index in [4.69, 9.17) is 0 Å². The van der Waals surface area contributed by atoms with Crippen LogP contribution in [0.4, 0.5) is 0 Å². The Kier molecular flexibility index (Phi) is 5.22. The van der Waals surface area contributed by atoms with E-state index < -0.39 is 0 Å². The van der Waals surface area contributed by atoms with Crippen LogP contribution in [0.2, 0.25) is 0 Å². The zero-order chi connectivity index (χ0) is 18.7. The molecule has 1 saturated heterocycles. The number of carbonyl (C=O) groups excluding carboxylic acids is 2. The average Bonchev–Trinajstić information content (AvgIpc) is 3.39. The summed E-state index contributed by atoms with van der Waals surface area (Å²) >= 11 is 3.26. The van der Waals surface area contributed by atoms with E-state index in [9.17, 15) is 9.59 Å². The number of rotatable bonds is 7. The number of thiazole rings is 1.